The van der Waals surface area contributed by atoms with Gasteiger partial charge in [0.15, 0.2) is 17.5 Å². The van der Waals surface area contributed by atoms with Crippen LogP contribution in [0.15, 0.2) is 168 Å². The molecule has 0 spiro atoms. The Hall–Kier alpha value is -6.39. The third-order valence-electron chi connectivity index (χ3n) is 8.76. The van der Waals surface area contributed by atoms with Gasteiger partial charge in [-0.05, 0) is 57.3 Å². The first-order valence-electron chi connectivity index (χ1n) is 15.7. The minimum absolute atomic E-state index is 0.600. The monoisotopic (exact) mass is 601 g/mol. The van der Waals surface area contributed by atoms with Gasteiger partial charge in [0.1, 0.15) is 11.2 Å². The normalized spacial score (nSPS) is 11.4. The fraction of sp³-hybridized carbons (Fsp3) is 0. The van der Waals surface area contributed by atoms with Crippen molar-refractivity contribution in [2.24, 2.45) is 0 Å². The van der Waals surface area contributed by atoms with E-state index >= 15 is 0 Å². The summed E-state index contributed by atoms with van der Waals surface area (Å²) in [7, 11) is 0. The molecule has 9 aromatic rings. The number of rotatable bonds is 5. The Labute approximate surface area is 271 Å². The van der Waals surface area contributed by atoms with Crippen molar-refractivity contribution in [3.05, 3.63) is 164 Å². The third-order valence-corrected chi connectivity index (χ3v) is 8.76. The topological polar surface area (TPSA) is 51.8 Å². The molecule has 7 aromatic carbocycles. The van der Waals surface area contributed by atoms with Gasteiger partial charge in [0, 0.05) is 27.5 Å². The molecule has 0 amide bonds. The van der Waals surface area contributed by atoms with Gasteiger partial charge in [0.25, 0.3) is 0 Å². The molecular weight excluding hydrogens is 574 g/mol. The van der Waals surface area contributed by atoms with Crippen LogP contribution in [0.2, 0.25) is 0 Å². The van der Waals surface area contributed by atoms with Gasteiger partial charge in [-0.1, -0.05) is 140 Å². The lowest BCUT2D eigenvalue weighted by Gasteiger charge is -2.13. The molecule has 0 aliphatic carbocycles. The van der Waals surface area contributed by atoms with Crippen molar-refractivity contribution in [2.75, 3.05) is 0 Å². The molecule has 2 aromatic heterocycles. The number of aromatic nitrogens is 3. The number of fused-ring (bicyclic) bond motifs is 4. The summed E-state index contributed by atoms with van der Waals surface area (Å²) in [5.74, 6) is 1.84. The molecular formula is C43H27N3O. The number of benzene rings is 7. The Morgan fingerprint density at radius 2 is 0.851 bits per heavy atom. The molecule has 0 aliphatic rings. The maximum atomic E-state index is 6.25. The summed E-state index contributed by atoms with van der Waals surface area (Å²) in [5.41, 5.74) is 9.00. The molecule has 0 bridgehead atoms. The summed E-state index contributed by atoms with van der Waals surface area (Å²) in [6.45, 7) is 0. The fourth-order valence-corrected chi connectivity index (χ4v) is 6.54. The van der Waals surface area contributed by atoms with E-state index in [1.807, 2.05) is 42.5 Å². The molecule has 4 nitrogen and oxygen atoms in total. The highest BCUT2D eigenvalue weighted by Crippen LogP contribution is 2.39. The fourth-order valence-electron chi connectivity index (χ4n) is 6.54. The van der Waals surface area contributed by atoms with Crippen LogP contribution in [-0.2, 0) is 0 Å². The maximum absolute atomic E-state index is 6.25. The standard InChI is InChI=1S/C43H27N3O/c1-3-13-28(14-4-1)30-17-11-18-31(27-30)41-44-42(35-26-25-32(29-15-5-2-6-16-29)33-19-7-8-20-34(33)35)46-43(45-41)37-22-12-24-39-40(37)36-21-9-10-23-38(36)47-39/h1-27H. The van der Waals surface area contributed by atoms with E-state index in [1.54, 1.807) is 0 Å². The summed E-state index contributed by atoms with van der Waals surface area (Å²) in [6.07, 6.45) is 0. The number of furan rings is 1. The zero-order valence-corrected chi connectivity index (χ0v) is 25.3. The van der Waals surface area contributed by atoms with Crippen LogP contribution >= 0.6 is 0 Å². The predicted molar refractivity (Wildman–Crippen MR) is 192 cm³/mol. The highest BCUT2D eigenvalue weighted by atomic mass is 16.3. The lowest BCUT2D eigenvalue weighted by molar-refractivity contribution is 0.669. The van der Waals surface area contributed by atoms with Gasteiger partial charge in [-0.3, -0.25) is 0 Å². The van der Waals surface area contributed by atoms with Gasteiger partial charge < -0.3 is 4.42 Å². The Morgan fingerprint density at radius 3 is 1.64 bits per heavy atom. The summed E-state index contributed by atoms with van der Waals surface area (Å²) >= 11 is 0. The molecule has 9 rings (SSSR count). The molecule has 0 saturated heterocycles. The van der Waals surface area contributed by atoms with Crippen LogP contribution in [0, 0.1) is 0 Å². The van der Waals surface area contributed by atoms with Gasteiger partial charge >= 0.3 is 0 Å². The van der Waals surface area contributed by atoms with E-state index in [-0.39, 0.29) is 0 Å². The van der Waals surface area contributed by atoms with E-state index in [4.69, 9.17) is 19.4 Å². The van der Waals surface area contributed by atoms with Gasteiger partial charge in [-0.2, -0.15) is 0 Å². The first-order chi connectivity index (χ1) is 23.3. The van der Waals surface area contributed by atoms with E-state index < -0.39 is 0 Å². The molecule has 0 N–H and O–H groups in total. The van der Waals surface area contributed by atoms with E-state index in [0.29, 0.717) is 17.5 Å². The summed E-state index contributed by atoms with van der Waals surface area (Å²) < 4.78 is 6.25. The Morgan fingerprint density at radius 1 is 0.319 bits per heavy atom. The lowest BCUT2D eigenvalue weighted by atomic mass is 9.94. The van der Waals surface area contributed by atoms with Crippen molar-refractivity contribution in [2.45, 2.75) is 0 Å². The Bertz CT molecular complexity index is 2570. The number of para-hydroxylation sites is 1. The minimum atomic E-state index is 0.600. The average molecular weight is 602 g/mol. The van der Waals surface area contributed by atoms with Gasteiger partial charge in [-0.15, -0.1) is 0 Å². The van der Waals surface area contributed by atoms with Crippen molar-refractivity contribution in [1.82, 2.24) is 15.0 Å². The van der Waals surface area contributed by atoms with Crippen LogP contribution < -0.4 is 0 Å². The van der Waals surface area contributed by atoms with Crippen LogP contribution in [0.1, 0.15) is 0 Å². The second-order valence-corrected chi connectivity index (χ2v) is 11.6. The minimum Gasteiger partial charge on any atom is -0.456 e. The largest absolute Gasteiger partial charge is 0.456 e. The SMILES string of the molecule is c1ccc(-c2cccc(-c3nc(-c4ccc(-c5ccccc5)c5ccccc45)nc(-c4cccc5oc6ccccc6c45)n3)c2)cc1. The quantitative estimate of drug-likeness (QED) is 0.197. The Balaban J connectivity index is 1.30. The number of hydrogen-bond donors (Lipinski definition) is 0. The molecule has 220 valence electrons. The predicted octanol–water partition coefficient (Wildman–Crippen LogP) is 11.3. The van der Waals surface area contributed by atoms with Gasteiger partial charge in [0.05, 0.1) is 0 Å². The van der Waals surface area contributed by atoms with Crippen LogP contribution in [0.3, 0.4) is 0 Å². The molecule has 47 heavy (non-hydrogen) atoms. The van der Waals surface area contributed by atoms with Crippen LogP contribution in [-0.4, -0.2) is 15.0 Å². The van der Waals surface area contributed by atoms with Crippen LogP contribution in [0.25, 0.3) is 89.1 Å². The van der Waals surface area contributed by atoms with Crippen LogP contribution in [0.4, 0.5) is 0 Å². The molecule has 0 unspecified atom stereocenters. The smallest absolute Gasteiger partial charge is 0.164 e. The molecule has 0 atom stereocenters. The molecule has 0 fully saturated rings. The van der Waals surface area contributed by atoms with Gasteiger partial charge in [-0.25, -0.2) is 15.0 Å². The summed E-state index contributed by atoms with van der Waals surface area (Å²) in [5, 5.41) is 4.26. The zero-order chi connectivity index (χ0) is 31.2. The second-order valence-electron chi connectivity index (χ2n) is 11.6. The summed E-state index contributed by atoms with van der Waals surface area (Å²) in [6, 6.07) is 56.3. The summed E-state index contributed by atoms with van der Waals surface area (Å²) in [4.78, 5) is 15.5. The lowest BCUT2D eigenvalue weighted by Crippen LogP contribution is -2.01. The van der Waals surface area contributed by atoms with E-state index in [9.17, 15) is 0 Å². The van der Waals surface area contributed by atoms with Crippen LogP contribution in [0.5, 0.6) is 0 Å². The van der Waals surface area contributed by atoms with Crippen molar-refractivity contribution in [1.29, 1.82) is 0 Å². The first-order valence-corrected chi connectivity index (χ1v) is 15.7. The Kier molecular flexibility index (Phi) is 6.43. The number of hydrogen-bond acceptors (Lipinski definition) is 4. The van der Waals surface area contributed by atoms with E-state index in [2.05, 4.69) is 121 Å². The highest BCUT2D eigenvalue weighted by Gasteiger charge is 2.19. The third kappa shape index (κ3) is 4.75. The first kappa shape index (κ1) is 27.0. The molecule has 0 aliphatic heterocycles. The molecule has 4 heteroatoms. The van der Waals surface area contributed by atoms with Crippen molar-refractivity contribution in [3.63, 3.8) is 0 Å². The molecule has 0 saturated carbocycles. The van der Waals surface area contributed by atoms with Gasteiger partial charge in [0.2, 0.25) is 0 Å². The average Bonchev–Trinajstić information content (AvgIpc) is 3.54. The molecule has 0 radical (unpaired) electrons. The van der Waals surface area contributed by atoms with E-state index in [0.717, 1.165) is 60.5 Å². The van der Waals surface area contributed by atoms with Crippen molar-refractivity contribution < 1.29 is 4.42 Å². The van der Waals surface area contributed by atoms with Crippen molar-refractivity contribution in [3.8, 4) is 56.4 Å². The van der Waals surface area contributed by atoms with E-state index in [1.165, 1.54) is 11.1 Å². The number of nitrogens with zero attached hydrogens (tertiary/aromatic N) is 3. The maximum Gasteiger partial charge on any atom is 0.164 e. The zero-order valence-electron chi connectivity index (χ0n) is 25.3. The van der Waals surface area contributed by atoms with Crippen molar-refractivity contribution >= 4 is 32.7 Å². The second kappa shape index (κ2) is 11.2. The molecule has 2 heterocycles. The highest BCUT2D eigenvalue weighted by molar-refractivity contribution is 6.12.